The number of anilines is 2. The lowest BCUT2D eigenvalue weighted by Gasteiger charge is -2.08. The van der Waals surface area contributed by atoms with Crippen molar-refractivity contribution in [2.75, 3.05) is 12.4 Å². The van der Waals surface area contributed by atoms with Crippen LogP contribution >= 0.6 is 0 Å². The minimum Gasteiger partial charge on any atom is -0.497 e. The van der Waals surface area contributed by atoms with Gasteiger partial charge >= 0.3 is 0 Å². The van der Waals surface area contributed by atoms with Gasteiger partial charge in [0.05, 0.1) is 30.1 Å². The molecule has 3 heterocycles. The summed E-state index contributed by atoms with van der Waals surface area (Å²) in [4.78, 5) is 13.0. The van der Waals surface area contributed by atoms with Gasteiger partial charge in [-0.15, -0.1) is 0 Å². The van der Waals surface area contributed by atoms with E-state index in [4.69, 9.17) is 4.74 Å². The smallest absolute Gasteiger partial charge is 0.229 e. The molecule has 0 amide bonds. The molecule has 0 spiro atoms. The Morgan fingerprint density at radius 2 is 1.69 bits per heavy atom. The number of methoxy groups -OCH3 is 1. The molecule has 5 rings (SSSR count). The lowest BCUT2D eigenvalue weighted by atomic mass is 10.3. The summed E-state index contributed by atoms with van der Waals surface area (Å²) in [5.41, 5.74) is 3.39. The van der Waals surface area contributed by atoms with Crippen LogP contribution in [0.15, 0.2) is 73.6 Å². The molecule has 0 bridgehead atoms. The average molecular weight is 384 g/mol. The molecular weight excluding hydrogens is 368 g/mol. The molecule has 2 aromatic carbocycles. The molecule has 5 aromatic rings. The van der Waals surface area contributed by atoms with E-state index in [1.165, 1.54) is 6.33 Å². The number of hydrogen-bond acceptors (Lipinski definition) is 7. The Labute approximate surface area is 165 Å². The molecule has 0 radical (unpaired) electrons. The molecule has 0 aliphatic carbocycles. The van der Waals surface area contributed by atoms with Gasteiger partial charge in [0.15, 0.2) is 5.65 Å². The van der Waals surface area contributed by atoms with E-state index in [9.17, 15) is 0 Å². The normalized spacial score (nSPS) is 10.9. The van der Waals surface area contributed by atoms with Crippen molar-refractivity contribution in [3.8, 4) is 17.1 Å². The van der Waals surface area contributed by atoms with Crippen LogP contribution in [0.1, 0.15) is 0 Å². The van der Waals surface area contributed by atoms with Crippen LogP contribution < -0.4 is 10.1 Å². The van der Waals surface area contributed by atoms with Crippen LogP contribution in [-0.4, -0.2) is 41.6 Å². The molecular formula is C20H16N8O. The predicted molar refractivity (Wildman–Crippen MR) is 108 cm³/mol. The minimum absolute atomic E-state index is 0.487. The second-order valence-corrected chi connectivity index (χ2v) is 6.24. The Hall–Kier alpha value is -4.27. The van der Waals surface area contributed by atoms with Crippen molar-refractivity contribution >= 4 is 22.7 Å². The van der Waals surface area contributed by atoms with Gasteiger partial charge in [0, 0.05) is 11.9 Å². The molecule has 9 nitrogen and oxygen atoms in total. The van der Waals surface area contributed by atoms with E-state index in [2.05, 4.69) is 30.5 Å². The number of rotatable bonds is 5. The molecule has 0 saturated heterocycles. The Kier molecular flexibility index (Phi) is 4.10. The standard InChI is InChI=1S/C20H16N8O/c1-29-18-8-6-17(7-9-18)28-19-14(11-23-28)10-22-20(26-19)25-15-2-4-16(5-3-15)27-13-21-12-24-27/h2-13H,1H3,(H,22,25,26). The summed E-state index contributed by atoms with van der Waals surface area (Å²) in [5.74, 6) is 1.28. The molecule has 29 heavy (non-hydrogen) atoms. The van der Waals surface area contributed by atoms with Gasteiger partial charge < -0.3 is 10.1 Å². The Balaban J connectivity index is 1.43. The van der Waals surface area contributed by atoms with Crippen LogP contribution in [0.25, 0.3) is 22.4 Å². The first-order valence-corrected chi connectivity index (χ1v) is 8.87. The quantitative estimate of drug-likeness (QED) is 0.497. The zero-order valence-corrected chi connectivity index (χ0v) is 15.5. The van der Waals surface area contributed by atoms with Gasteiger partial charge in [-0.2, -0.15) is 15.2 Å². The van der Waals surface area contributed by atoms with Crippen LogP contribution in [0.2, 0.25) is 0 Å². The minimum atomic E-state index is 0.487. The first-order chi connectivity index (χ1) is 14.3. The van der Waals surface area contributed by atoms with E-state index in [0.29, 0.717) is 11.6 Å². The molecule has 3 aromatic heterocycles. The first-order valence-electron chi connectivity index (χ1n) is 8.87. The van der Waals surface area contributed by atoms with Crippen molar-refractivity contribution in [2.45, 2.75) is 0 Å². The van der Waals surface area contributed by atoms with Gasteiger partial charge in [-0.25, -0.2) is 19.3 Å². The highest BCUT2D eigenvalue weighted by atomic mass is 16.5. The molecule has 0 aliphatic rings. The largest absolute Gasteiger partial charge is 0.497 e. The lowest BCUT2D eigenvalue weighted by Crippen LogP contribution is -2.01. The fraction of sp³-hybridized carbons (Fsp3) is 0.0500. The number of nitrogens with zero attached hydrogens (tertiary/aromatic N) is 7. The van der Waals surface area contributed by atoms with Gasteiger partial charge in [0.25, 0.3) is 0 Å². The van der Waals surface area contributed by atoms with Gasteiger partial charge in [0.1, 0.15) is 18.4 Å². The van der Waals surface area contributed by atoms with E-state index in [1.807, 2.05) is 48.5 Å². The number of nitrogens with one attached hydrogen (secondary N) is 1. The summed E-state index contributed by atoms with van der Waals surface area (Å²) < 4.78 is 8.68. The van der Waals surface area contributed by atoms with Crippen LogP contribution in [0.3, 0.4) is 0 Å². The van der Waals surface area contributed by atoms with Crippen molar-refractivity contribution in [1.29, 1.82) is 0 Å². The summed E-state index contributed by atoms with van der Waals surface area (Å²) in [6.07, 6.45) is 6.65. The number of ether oxygens (including phenoxy) is 1. The second kappa shape index (κ2) is 7.04. The van der Waals surface area contributed by atoms with Crippen molar-refractivity contribution < 1.29 is 4.74 Å². The summed E-state index contributed by atoms with van der Waals surface area (Å²) >= 11 is 0. The molecule has 1 N–H and O–H groups in total. The zero-order valence-electron chi connectivity index (χ0n) is 15.5. The van der Waals surface area contributed by atoms with Gasteiger partial charge in [-0.3, -0.25) is 0 Å². The molecule has 0 aliphatic heterocycles. The summed E-state index contributed by atoms with van der Waals surface area (Å²) in [6, 6.07) is 15.4. The molecule has 0 unspecified atom stereocenters. The number of benzene rings is 2. The third kappa shape index (κ3) is 3.25. The molecule has 0 fully saturated rings. The number of hydrogen-bond donors (Lipinski definition) is 1. The van der Waals surface area contributed by atoms with Crippen molar-refractivity contribution in [3.63, 3.8) is 0 Å². The van der Waals surface area contributed by atoms with E-state index >= 15 is 0 Å². The van der Waals surface area contributed by atoms with Crippen molar-refractivity contribution in [2.24, 2.45) is 0 Å². The fourth-order valence-corrected chi connectivity index (χ4v) is 2.96. The van der Waals surface area contributed by atoms with Crippen LogP contribution in [0.5, 0.6) is 5.75 Å². The van der Waals surface area contributed by atoms with Gasteiger partial charge in [-0.05, 0) is 48.5 Å². The molecule has 142 valence electrons. The Bertz CT molecular complexity index is 1240. The second-order valence-electron chi connectivity index (χ2n) is 6.24. The lowest BCUT2D eigenvalue weighted by molar-refractivity contribution is 0.414. The SMILES string of the molecule is COc1ccc(-n2ncc3cnc(Nc4ccc(-n5cncn5)cc4)nc32)cc1. The van der Waals surface area contributed by atoms with Gasteiger partial charge in [0.2, 0.25) is 5.95 Å². The Morgan fingerprint density at radius 1 is 0.897 bits per heavy atom. The topological polar surface area (TPSA) is 95.6 Å². The maximum Gasteiger partial charge on any atom is 0.229 e. The number of aromatic nitrogens is 7. The third-order valence-electron chi connectivity index (χ3n) is 4.43. The maximum absolute atomic E-state index is 5.22. The van der Waals surface area contributed by atoms with Crippen molar-refractivity contribution in [3.05, 3.63) is 73.6 Å². The van der Waals surface area contributed by atoms with Crippen LogP contribution in [0.4, 0.5) is 11.6 Å². The van der Waals surface area contributed by atoms with E-state index in [0.717, 1.165) is 28.2 Å². The summed E-state index contributed by atoms with van der Waals surface area (Å²) in [7, 11) is 1.64. The summed E-state index contributed by atoms with van der Waals surface area (Å²) in [5, 5.41) is 12.6. The average Bonchev–Trinajstić information content (AvgIpc) is 3.44. The van der Waals surface area contributed by atoms with Crippen LogP contribution in [0, 0.1) is 0 Å². The van der Waals surface area contributed by atoms with Crippen molar-refractivity contribution in [1.82, 2.24) is 34.5 Å². The summed E-state index contributed by atoms with van der Waals surface area (Å²) in [6.45, 7) is 0. The van der Waals surface area contributed by atoms with Crippen LogP contribution in [-0.2, 0) is 0 Å². The van der Waals surface area contributed by atoms with E-state index in [1.54, 1.807) is 35.2 Å². The first kappa shape index (κ1) is 16.9. The highest BCUT2D eigenvalue weighted by molar-refractivity contribution is 5.77. The number of fused-ring (bicyclic) bond motifs is 1. The maximum atomic E-state index is 5.22. The Morgan fingerprint density at radius 3 is 2.41 bits per heavy atom. The highest BCUT2D eigenvalue weighted by Gasteiger charge is 2.09. The zero-order chi connectivity index (χ0) is 19.6. The third-order valence-corrected chi connectivity index (χ3v) is 4.43. The molecule has 0 atom stereocenters. The van der Waals surface area contributed by atoms with E-state index < -0.39 is 0 Å². The fourth-order valence-electron chi connectivity index (χ4n) is 2.96. The molecule has 0 saturated carbocycles. The van der Waals surface area contributed by atoms with Gasteiger partial charge in [-0.1, -0.05) is 0 Å². The highest BCUT2D eigenvalue weighted by Crippen LogP contribution is 2.21. The van der Waals surface area contributed by atoms with E-state index in [-0.39, 0.29) is 0 Å². The monoisotopic (exact) mass is 384 g/mol. The molecule has 9 heteroatoms. The predicted octanol–water partition coefficient (Wildman–Crippen LogP) is 3.15.